The van der Waals surface area contributed by atoms with E-state index in [0.29, 0.717) is 52.7 Å². The number of nitrogens with one attached hydrogen (secondary N) is 1. The number of methoxy groups -OCH3 is 2. The van der Waals surface area contributed by atoms with Gasteiger partial charge in [0.15, 0.2) is 0 Å². The number of hydrogen-bond acceptors (Lipinski definition) is 11. The van der Waals surface area contributed by atoms with Crippen LogP contribution in [0.1, 0.15) is 98.4 Å². The maximum absolute atomic E-state index is 12.5. The lowest BCUT2D eigenvalue weighted by atomic mass is 10.1. The highest BCUT2D eigenvalue weighted by Gasteiger charge is 2.21. The van der Waals surface area contributed by atoms with Crippen LogP contribution in [-0.2, 0) is 20.8 Å². The Morgan fingerprint density at radius 3 is 2.00 bits per heavy atom. The molecule has 0 radical (unpaired) electrons. The second-order valence-electron chi connectivity index (χ2n) is 13.2. The Morgan fingerprint density at radius 2 is 1.45 bits per heavy atom. The van der Waals surface area contributed by atoms with Gasteiger partial charge in [0.25, 0.3) is 0 Å². The zero-order valence-corrected chi connectivity index (χ0v) is 31.1. The number of benzene rings is 2. The van der Waals surface area contributed by atoms with E-state index in [1.54, 1.807) is 63.4 Å². The molecule has 1 heterocycles. The van der Waals surface area contributed by atoms with E-state index in [1.807, 2.05) is 0 Å². The average Bonchev–Trinajstić information content (AvgIpc) is 3.61. The molecule has 1 atom stereocenters. The Hall–Kier alpha value is -5.74. The fraction of sp³-hybridized carbons (Fsp3) is 0.500. The monoisotopic (exact) mass is 731 g/mol. The summed E-state index contributed by atoms with van der Waals surface area (Å²) in [4.78, 5) is 39.4. The molecule has 0 fully saturated rings. The Balaban J connectivity index is 1.43. The predicted octanol–water partition coefficient (Wildman–Crippen LogP) is 7.28. The standard InChI is InChI=1S/C38H49N7O8/c1-7-27-18-29(35(46)49-5)22-32(19-27)51-16-14-12-10-8-9-11-13-15-17-52-33-21-28(20-30(23-33)36(47)50-6)34-26-45(44-42-34)25-31(24-40-43-39)41-37(48)53-38(2,3)4/h1,18-23,26,31H,8-17,24-25H2,2-6H3,(H,41,48)/t31-/m0/s1. The number of hydrogen-bond donors (Lipinski definition) is 1. The van der Waals surface area contributed by atoms with Crippen molar-refractivity contribution in [3.8, 4) is 35.1 Å². The van der Waals surface area contributed by atoms with E-state index in [1.165, 1.54) is 18.9 Å². The Morgan fingerprint density at radius 1 is 0.887 bits per heavy atom. The van der Waals surface area contributed by atoms with E-state index in [-0.39, 0.29) is 13.1 Å². The molecule has 0 aliphatic rings. The number of ether oxygens (including phenoxy) is 5. The molecule has 0 aliphatic carbocycles. The number of rotatable bonds is 21. The lowest BCUT2D eigenvalue weighted by Crippen LogP contribution is -2.43. The molecule has 1 aromatic heterocycles. The summed E-state index contributed by atoms with van der Waals surface area (Å²) in [6.45, 7) is 6.39. The summed E-state index contributed by atoms with van der Waals surface area (Å²) in [6, 6.07) is 9.43. The van der Waals surface area contributed by atoms with Gasteiger partial charge >= 0.3 is 18.0 Å². The first-order chi connectivity index (χ1) is 25.4. The zero-order valence-electron chi connectivity index (χ0n) is 31.1. The molecule has 0 aliphatic heterocycles. The molecule has 2 aromatic carbocycles. The molecule has 284 valence electrons. The summed E-state index contributed by atoms with van der Waals surface area (Å²) in [5, 5.41) is 14.7. The molecule has 0 unspecified atom stereocenters. The largest absolute Gasteiger partial charge is 0.494 e. The van der Waals surface area contributed by atoms with E-state index in [9.17, 15) is 14.4 Å². The van der Waals surface area contributed by atoms with E-state index in [2.05, 4.69) is 31.6 Å². The molecule has 0 spiro atoms. The minimum absolute atomic E-state index is 0.0247. The minimum Gasteiger partial charge on any atom is -0.494 e. The van der Waals surface area contributed by atoms with E-state index in [0.717, 1.165) is 51.4 Å². The van der Waals surface area contributed by atoms with E-state index < -0.39 is 29.7 Å². The molecule has 0 saturated heterocycles. The van der Waals surface area contributed by atoms with Crippen molar-refractivity contribution >= 4 is 18.0 Å². The zero-order chi connectivity index (χ0) is 38.6. The van der Waals surface area contributed by atoms with Crippen molar-refractivity contribution in [3.05, 3.63) is 69.7 Å². The van der Waals surface area contributed by atoms with Gasteiger partial charge in [-0.2, -0.15) is 0 Å². The highest BCUT2D eigenvalue weighted by atomic mass is 16.6. The van der Waals surface area contributed by atoms with Gasteiger partial charge in [-0.3, -0.25) is 0 Å². The average molecular weight is 732 g/mol. The van der Waals surface area contributed by atoms with Crippen LogP contribution in [0.15, 0.2) is 47.7 Å². The summed E-state index contributed by atoms with van der Waals surface area (Å²) in [5.74, 6) is 2.62. The quantitative estimate of drug-likeness (QED) is 0.0222. The molecular formula is C38H49N7O8. The molecule has 1 N–H and O–H groups in total. The highest BCUT2D eigenvalue weighted by Crippen LogP contribution is 2.26. The summed E-state index contributed by atoms with van der Waals surface area (Å²) < 4.78 is 28.4. The maximum atomic E-state index is 12.5. The molecule has 15 nitrogen and oxygen atoms in total. The SMILES string of the molecule is C#Cc1cc(OCCCCCCCCCCOc2cc(C(=O)OC)cc(-c3cn(C[C@H](CN=[N+]=[N-])NC(=O)OC(C)(C)C)nn3)c2)cc(C(=O)OC)c1. The third kappa shape index (κ3) is 15.2. The number of carbonyl (C=O) groups is 3. The van der Waals surface area contributed by atoms with Crippen LogP contribution in [0.2, 0.25) is 0 Å². The molecule has 53 heavy (non-hydrogen) atoms. The minimum atomic E-state index is -0.698. The first-order valence-corrected chi connectivity index (χ1v) is 17.5. The van der Waals surface area contributed by atoms with Crippen molar-refractivity contribution in [2.75, 3.05) is 34.0 Å². The smallest absolute Gasteiger partial charge is 0.407 e. The van der Waals surface area contributed by atoms with Crippen LogP contribution in [0.4, 0.5) is 4.79 Å². The molecule has 3 rings (SSSR count). The van der Waals surface area contributed by atoms with Crippen LogP contribution in [0.25, 0.3) is 21.7 Å². The number of esters is 2. The number of nitrogens with zero attached hydrogens (tertiary/aromatic N) is 6. The number of azide groups is 1. The highest BCUT2D eigenvalue weighted by molar-refractivity contribution is 5.91. The van der Waals surface area contributed by atoms with Gasteiger partial charge in [0.1, 0.15) is 22.8 Å². The van der Waals surface area contributed by atoms with Gasteiger partial charge in [-0.15, -0.1) is 11.5 Å². The third-order valence-corrected chi connectivity index (χ3v) is 7.73. The number of carbonyl (C=O) groups excluding carboxylic acids is 3. The molecule has 15 heteroatoms. The van der Waals surface area contributed by atoms with Gasteiger partial charge in [-0.25, -0.2) is 19.1 Å². The van der Waals surface area contributed by atoms with Gasteiger partial charge in [0.05, 0.1) is 57.3 Å². The number of amides is 1. The van der Waals surface area contributed by atoms with Crippen LogP contribution < -0.4 is 14.8 Å². The topological polar surface area (TPSA) is 189 Å². The molecule has 0 saturated carbocycles. The van der Waals surface area contributed by atoms with Crippen LogP contribution in [0, 0.1) is 12.3 Å². The second kappa shape index (κ2) is 21.6. The van der Waals surface area contributed by atoms with Crippen molar-refractivity contribution in [1.29, 1.82) is 0 Å². The van der Waals surface area contributed by atoms with Crippen LogP contribution in [0.5, 0.6) is 11.5 Å². The Labute approximate surface area is 310 Å². The molecule has 1 amide bonds. The lowest BCUT2D eigenvalue weighted by Gasteiger charge is -2.22. The van der Waals surface area contributed by atoms with Gasteiger partial charge < -0.3 is 29.0 Å². The van der Waals surface area contributed by atoms with Crippen LogP contribution >= 0.6 is 0 Å². The van der Waals surface area contributed by atoms with Crippen molar-refractivity contribution < 1.29 is 38.1 Å². The maximum Gasteiger partial charge on any atom is 0.407 e. The van der Waals surface area contributed by atoms with Crippen molar-refractivity contribution in [3.63, 3.8) is 0 Å². The van der Waals surface area contributed by atoms with E-state index >= 15 is 0 Å². The van der Waals surface area contributed by atoms with Crippen LogP contribution in [-0.4, -0.2) is 78.6 Å². The molecule has 0 bridgehead atoms. The predicted molar refractivity (Wildman–Crippen MR) is 198 cm³/mol. The molecular weight excluding hydrogens is 682 g/mol. The van der Waals surface area contributed by atoms with Gasteiger partial charge in [-0.1, -0.05) is 54.8 Å². The third-order valence-electron chi connectivity index (χ3n) is 7.73. The summed E-state index contributed by atoms with van der Waals surface area (Å²) in [7, 11) is 2.64. The lowest BCUT2D eigenvalue weighted by molar-refractivity contribution is 0.0498. The summed E-state index contributed by atoms with van der Waals surface area (Å²) in [6.07, 6.45) is 14.7. The summed E-state index contributed by atoms with van der Waals surface area (Å²) >= 11 is 0. The van der Waals surface area contributed by atoms with Gasteiger partial charge in [-0.05, 0) is 75.5 Å². The normalized spacial score (nSPS) is 11.4. The second-order valence-corrected chi connectivity index (χ2v) is 13.2. The molecule has 3 aromatic rings. The van der Waals surface area contributed by atoms with Crippen molar-refractivity contribution in [2.24, 2.45) is 5.11 Å². The van der Waals surface area contributed by atoms with Crippen LogP contribution in [0.3, 0.4) is 0 Å². The van der Waals surface area contributed by atoms with E-state index in [4.69, 9.17) is 35.6 Å². The van der Waals surface area contributed by atoms with Gasteiger partial charge in [0, 0.05) is 22.6 Å². The first kappa shape index (κ1) is 41.7. The van der Waals surface area contributed by atoms with Crippen molar-refractivity contribution in [2.45, 2.75) is 90.3 Å². The fourth-order valence-corrected chi connectivity index (χ4v) is 5.22. The number of unbranched alkanes of at least 4 members (excludes halogenated alkanes) is 7. The first-order valence-electron chi connectivity index (χ1n) is 17.5. The van der Waals surface area contributed by atoms with Gasteiger partial charge in [0.2, 0.25) is 0 Å². The number of alkyl carbamates (subject to hydrolysis) is 1. The number of terminal acetylenes is 1. The Bertz CT molecular complexity index is 1760. The number of aromatic nitrogens is 3. The fourth-order valence-electron chi connectivity index (χ4n) is 5.22. The van der Waals surface area contributed by atoms with Crippen molar-refractivity contribution in [1.82, 2.24) is 20.3 Å². The summed E-state index contributed by atoms with van der Waals surface area (Å²) in [5.41, 5.74) is 10.4. The Kier molecular flexibility index (Phi) is 17.0.